The van der Waals surface area contributed by atoms with Crippen molar-refractivity contribution in [1.29, 1.82) is 0 Å². The standard InChI is InChI=1S/C27H44F3IO2/c1-16(2)23(33-31)17(3)20-9-10-21-19-8-7-18-15-26(32-6,27(28,29)30)14-13-24(18,4)22(19)11-12-25(20,21)5/h16-23H,7-15H2,1-6H3/t17-,18+,19-,20+,21-,22-,23+,24-,25+,26+/m0/s1. The maximum Gasteiger partial charge on any atom is 0.417 e. The molecule has 0 amide bonds. The van der Waals surface area contributed by atoms with Gasteiger partial charge < -0.3 is 7.80 Å². The maximum atomic E-state index is 14.0. The highest BCUT2D eigenvalue weighted by Gasteiger charge is 2.66. The van der Waals surface area contributed by atoms with Crippen LogP contribution < -0.4 is 0 Å². The summed E-state index contributed by atoms with van der Waals surface area (Å²) in [5.41, 5.74) is -1.58. The van der Waals surface area contributed by atoms with Crippen molar-refractivity contribution in [3.8, 4) is 0 Å². The third-order valence-corrected chi connectivity index (χ3v) is 12.2. The molecule has 0 saturated heterocycles. The fourth-order valence-electron chi connectivity index (χ4n) is 9.71. The molecule has 4 aliphatic carbocycles. The number of halogens is 4. The highest BCUT2D eigenvalue weighted by atomic mass is 127. The molecular weight excluding hydrogens is 540 g/mol. The number of ether oxygens (including phenoxy) is 1. The van der Waals surface area contributed by atoms with Crippen molar-refractivity contribution in [1.82, 2.24) is 0 Å². The van der Waals surface area contributed by atoms with Crippen molar-refractivity contribution in [3.05, 3.63) is 0 Å². The van der Waals surface area contributed by atoms with Crippen LogP contribution in [0.5, 0.6) is 0 Å². The number of hydrogen-bond donors (Lipinski definition) is 0. The quantitative estimate of drug-likeness (QED) is 0.301. The molecule has 33 heavy (non-hydrogen) atoms. The lowest BCUT2D eigenvalue weighted by molar-refractivity contribution is -0.299. The molecule has 0 aliphatic heterocycles. The lowest BCUT2D eigenvalue weighted by atomic mass is 9.43. The van der Waals surface area contributed by atoms with E-state index in [1.165, 1.54) is 32.8 Å². The van der Waals surface area contributed by atoms with Gasteiger partial charge in [-0.2, -0.15) is 13.2 Å². The molecule has 0 heterocycles. The van der Waals surface area contributed by atoms with E-state index in [2.05, 4.69) is 57.6 Å². The van der Waals surface area contributed by atoms with Gasteiger partial charge in [0.1, 0.15) is 23.0 Å². The second-order valence-corrected chi connectivity index (χ2v) is 13.5. The van der Waals surface area contributed by atoms with Crippen LogP contribution in [0.1, 0.15) is 92.4 Å². The summed E-state index contributed by atoms with van der Waals surface area (Å²) in [4.78, 5) is 0. The number of methoxy groups -OCH3 is 1. The normalized spacial score (nSPS) is 47.5. The molecule has 4 fully saturated rings. The highest BCUT2D eigenvalue weighted by molar-refractivity contribution is 14.1. The molecule has 192 valence electrons. The van der Waals surface area contributed by atoms with E-state index >= 15 is 0 Å². The number of fused-ring (bicyclic) bond motifs is 5. The van der Waals surface area contributed by atoms with Gasteiger partial charge in [-0.1, -0.05) is 34.6 Å². The fourth-order valence-corrected chi connectivity index (χ4v) is 10.8. The van der Waals surface area contributed by atoms with Gasteiger partial charge in [0, 0.05) is 7.11 Å². The van der Waals surface area contributed by atoms with E-state index in [0.717, 1.165) is 12.8 Å². The third-order valence-electron chi connectivity index (χ3n) is 11.6. The second kappa shape index (κ2) is 9.08. The van der Waals surface area contributed by atoms with Crippen molar-refractivity contribution in [2.45, 2.75) is 110 Å². The molecular formula is C27H44F3IO2. The summed E-state index contributed by atoms with van der Waals surface area (Å²) in [5.74, 6) is 3.77. The van der Waals surface area contributed by atoms with Crippen molar-refractivity contribution in [3.63, 3.8) is 0 Å². The Morgan fingerprint density at radius 3 is 2.12 bits per heavy atom. The van der Waals surface area contributed by atoms with E-state index in [-0.39, 0.29) is 30.3 Å². The van der Waals surface area contributed by atoms with Crippen LogP contribution in [0.15, 0.2) is 0 Å². The van der Waals surface area contributed by atoms with Crippen molar-refractivity contribution >= 4 is 23.0 Å². The number of alkyl halides is 3. The van der Waals surface area contributed by atoms with Gasteiger partial charge >= 0.3 is 6.18 Å². The first-order valence-electron chi connectivity index (χ1n) is 13.2. The van der Waals surface area contributed by atoms with Gasteiger partial charge in [0.25, 0.3) is 0 Å². The van der Waals surface area contributed by atoms with E-state index < -0.39 is 11.8 Å². The van der Waals surface area contributed by atoms with Crippen molar-refractivity contribution in [2.24, 2.45) is 52.3 Å². The lowest BCUT2D eigenvalue weighted by Gasteiger charge is -2.62. The van der Waals surface area contributed by atoms with E-state index in [9.17, 15) is 13.2 Å². The van der Waals surface area contributed by atoms with E-state index in [0.29, 0.717) is 47.3 Å². The first-order valence-corrected chi connectivity index (χ1v) is 14.1. The Morgan fingerprint density at radius 1 is 0.879 bits per heavy atom. The minimum atomic E-state index is -4.28. The highest BCUT2D eigenvalue weighted by Crippen LogP contribution is 2.69. The van der Waals surface area contributed by atoms with Crippen LogP contribution in [-0.4, -0.2) is 25.0 Å². The monoisotopic (exact) mass is 584 g/mol. The first kappa shape index (κ1) is 26.5. The van der Waals surface area contributed by atoms with Crippen LogP contribution in [0.4, 0.5) is 13.2 Å². The molecule has 0 unspecified atom stereocenters. The predicted molar refractivity (Wildman–Crippen MR) is 134 cm³/mol. The van der Waals surface area contributed by atoms with Gasteiger partial charge in [-0.25, -0.2) is 0 Å². The fraction of sp³-hybridized carbons (Fsp3) is 1.00. The zero-order chi connectivity index (χ0) is 24.4. The molecule has 6 heteroatoms. The topological polar surface area (TPSA) is 18.5 Å². The summed E-state index contributed by atoms with van der Waals surface area (Å²) >= 11 is 2.09. The van der Waals surface area contributed by atoms with Gasteiger partial charge in [0.2, 0.25) is 0 Å². The van der Waals surface area contributed by atoms with Crippen LogP contribution in [0.3, 0.4) is 0 Å². The van der Waals surface area contributed by atoms with E-state index in [4.69, 9.17) is 7.80 Å². The van der Waals surface area contributed by atoms with E-state index in [1.54, 1.807) is 0 Å². The van der Waals surface area contributed by atoms with Crippen LogP contribution in [-0.2, 0) is 7.80 Å². The summed E-state index contributed by atoms with van der Waals surface area (Å²) < 4.78 is 53.1. The Hall–Kier alpha value is 0.440. The Labute approximate surface area is 213 Å². The molecule has 0 N–H and O–H groups in total. The van der Waals surface area contributed by atoms with Crippen LogP contribution in [0, 0.1) is 52.3 Å². The third kappa shape index (κ3) is 4.02. The summed E-state index contributed by atoms with van der Waals surface area (Å²) in [6.07, 6.45) is 3.89. The minimum absolute atomic E-state index is 0.0209. The molecule has 0 aromatic heterocycles. The molecule has 0 radical (unpaired) electrons. The molecule has 4 rings (SSSR count). The largest absolute Gasteiger partial charge is 0.417 e. The van der Waals surface area contributed by atoms with Crippen molar-refractivity contribution in [2.75, 3.05) is 7.11 Å². The molecule has 0 aromatic carbocycles. The summed E-state index contributed by atoms with van der Waals surface area (Å²) in [7, 11) is 1.26. The summed E-state index contributed by atoms with van der Waals surface area (Å²) in [6, 6.07) is 0. The summed E-state index contributed by atoms with van der Waals surface area (Å²) in [5, 5.41) is 0. The van der Waals surface area contributed by atoms with E-state index in [1.807, 2.05) is 0 Å². The van der Waals surface area contributed by atoms with Gasteiger partial charge in [0.15, 0.2) is 5.60 Å². The summed E-state index contributed by atoms with van der Waals surface area (Å²) in [6.45, 7) is 11.8. The SMILES string of the molecule is CO[C@]1(C(F)(F)F)CC[C@@]2(C)[C@H](CC[C@@H]3[C@@H]2CC[C@]2(C)[C@@H]([C@H](C)[C@H](OI)C(C)C)CC[C@@H]32)C1. The Morgan fingerprint density at radius 2 is 1.55 bits per heavy atom. The second-order valence-electron chi connectivity index (χ2n) is 12.9. The maximum absolute atomic E-state index is 14.0. The smallest absolute Gasteiger partial charge is 0.369 e. The minimum Gasteiger partial charge on any atom is -0.369 e. The van der Waals surface area contributed by atoms with Crippen LogP contribution >= 0.6 is 23.0 Å². The average molecular weight is 585 g/mol. The number of rotatable bonds is 5. The van der Waals surface area contributed by atoms with Crippen molar-refractivity contribution < 1.29 is 21.0 Å². The van der Waals surface area contributed by atoms with Crippen LogP contribution in [0.2, 0.25) is 0 Å². The molecule has 4 aliphatic rings. The molecule has 0 bridgehead atoms. The van der Waals surface area contributed by atoms with Gasteiger partial charge in [-0.3, -0.25) is 0 Å². The van der Waals surface area contributed by atoms with Gasteiger partial charge in [-0.05, 0) is 110 Å². The van der Waals surface area contributed by atoms with Gasteiger partial charge in [0.05, 0.1) is 6.10 Å². The first-order chi connectivity index (χ1) is 15.3. The Balaban J connectivity index is 1.55. The molecule has 4 saturated carbocycles. The van der Waals surface area contributed by atoms with Gasteiger partial charge in [-0.15, -0.1) is 0 Å². The van der Waals surface area contributed by atoms with Crippen LogP contribution in [0.25, 0.3) is 0 Å². The molecule has 10 atom stereocenters. The molecule has 0 aromatic rings. The Bertz CT molecular complexity index is 714. The molecule has 0 spiro atoms. The Kier molecular flexibility index (Phi) is 7.29. The number of hydrogen-bond acceptors (Lipinski definition) is 2. The zero-order valence-electron chi connectivity index (χ0n) is 21.3. The lowest BCUT2D eigenvalue weighted by Crippen LogP contribution is -2.59. The molecule has 2 nitrogen and oxygen atoms in total. The zero-order valence-corrected chi connectivity index (χ0v) is 23.5. The average Bonchev–Trinajstić information content (AvgIpc) is 3.09. The predicted octanol–water partition coefficient (Wildman–Crippen LogP) is 8.62.